The highest BCUT2D eigenvalue weighted by molar-refractivity contribution is 6.30. The van der Waals surface area contributed by atoms with Crippen molar-refractivity contribution in [3.05, 3.63) is 58.9 Å². The Morgan fingerprint density at radius 3 is 2.54 bits per heavy atom. The van der Waals surface area contributed by atoms with Crippen LogP contribution in [0.1, 0.15) is 18.9 Å². The van der Waals surface area contributed by atoms with E-state index in [2.05, 4.69) is 5.32 Å². The van der Waals surface area contributed by atoms with Gasteiger partial charge in [-0.1, -0.05) is 23.7 Å². The highest BCUT2D eigenvalue weighted by atomic mass is 35.5. The number of halogens is 2. The standard InChI is InChI=1S/C18H18ClFN2O2/c1-12-11-14(19)7-8-16(12)21-18(24)9-10-22(13(2)23)17-6-4-3-5-15(17)20/h3-8,11H,9-10H2,1-2H3,(H,21,24). The first-order valence-corrected chi connectivity index (χ1v) is 7.85. The van der Waals surface area contributed by atoms with Crippen LogP contribution in [0.5, 0.6) is 0 Å². The van der Waals surface area contributed by atoms with Crippen LogP contribution in [0.2, 0.25) is 5.02 Å². The molecule has 2 rings (SSSR count). The molecular weight excluding hydrogens is 331 g/mol. The Morgan fingerprint density at radius 2 is 1.92 bits per heavy atom. The van der Waals surface area contributed by atoms with Crippen molar-refractivity contribution in [2.45, 2.75) is 20.3 Å². The first-order valence-electron chi connectivity index (χ1n) is 7.47. The van der Waals surface area contributed by atoms with E-state index < -0.39 is 5.82 Å². The number of benzene rings is 2. The summed E-state index contributed by atoms with van der Waals surface area (Å²) in [4.78, 5) is 25.1. The highest BCUT2D eigenvalue weighted by Gasteiger charge is 2.17. The van der Waals surface area contributed by atoms with E-state index in [1.165, 1.54) is 24.0 Å². The van der Waals surface area contributed by atoms with Gasteiger partial charge in [-0.2, -0.15) is 0 Å². The minimum atomic E-state index is -0.498. The lowest BCUT2D eigenvalue weighted by atomic mass is 10.2. The topological polar surface area (TPSA) is 49.4 Å². The van der Waals surface area contributed by atoms with Crippen LogP contribution >= 0.6 is 11.6 Å². The molecule has 1 N–H and O–H groups in total. The van der Waals surface area contributed by atoms with Crippen molar-refractivity contribution in [3.63, 3.8) is 0 Å². The molecule has 0 spiro atoms. The molecule has 2 aromatic rings. The number of amides is 2. The van der Waals surface area contributed by atoms with Crippen molar-refractivity contribution >= 4 is 34.8 Å². The van der Waals surface area contributed by atoms with E-state index in [9.17, 15) is 14.0 Å². The molecule has 0 aromatic heterocycles. The van der Waals surface area contributed by atoms with Crippen molar-refractivity contribution < 1.29 is 14.0 Å². The maximum Gasteiger partial charge on any atom is 0.226 e. The molecule has 6 heteroatoms. The largest absolute Gasteiger partial charge is 0.326 e. The lowest BCUT2D eigenvalue weighted by Crippen LogP contribution is -2.32. The molecule has 4 nitrogen and oxygen atoms in total. The molecule has 24 heavy (non-hydrogen) atoms. The summed E-state index contributed by atoms with van der Waals surface area (Å²) in [5, 5.41) is 3.36. The normalized spacial score (nSPS) is 10.3. The van der Waals surface area contributed by atoms with Gasteiger partial charge < -0.3 is 10.2 Å². The van der Waals surface area contributed by atoms with Gasteiger partial charge >= 0.3 is 0 Å². The van der Waals surface area contributed by atoms with Gasteiger partial charge in [-0.3, -0.25) is 9.59 Å². The molecule has 2 amide bonds. The van der Waals surface area contributed by atoms with Gasteiger partial charge in [-0.15, -0.1) is 0 Å². The van der Waals surface area contributed by atoms with E-state index in [-0.39, 0.29) is 30.5 Å². The van der Waals surface area contributed by atoms with E-state index in [0.29, 0.717) is 10.7 Å². The zero-order valence-electron chi connectivity index (χ0n) is 13.5. The molecule has 0 saturated carbocycles. The molecule has 126 valence electrons. The Bertz CT molecular complexity index is 764. The number of rotatable bonds is 5. The third-order valence-corrected chi connectivity index (χ3v) is 3.78. The number of hydrogen-bond donors (Lipinski definition) is 1. The van der Waals surface area contributed by atoms with Gasteiger partial charge in [-0.05, 0) is 42.8 Å². The molecular formula is C18H18ClFN2O2. The molecule has 0 bridgehead atoms. The fourth-order valence-corrected chi connectivity index (χ4v) is 2.54. The molecule has 0 unspecified atom stereocenters. The number of nitrogens with zero attached hydrogens (tertiary/aromatic N) is 1. The molecule has 0 atom stereocenters. The maximum absolute atomic E-state index is 13.9. The average Bonchev–Trinajstić information content (AvgIpc) is 2.51. The van der Waals surface area contributed by atoms with Gasteiger partial charge in [0, 0.05) is 30.6 Å². The minimum absolute atomic E-state index is 0.0516. The summed E-state index contributed by atoms with van der Waals surface area (Å²) in [5.41, 5.74) is 1.67. The Balaban J connectivity index is 2.03. The highest BCUT2D eigenvalue weighted by Crippen LogP contribution is 2.21. The third kappa shape index (κ3) is 4.55. The average molecular weight is 349 g/mol. The first-order chi connectivity index (χ1) is 11.4. The lowest BCUT2D eigenvalue weighted by Gasteiger charge is -2.21. The molecule has 0 aliphatic rings. The summed E-state index contributed by atoms with van der Waals surface area (Å²) >= 11 is 5.88. The molecule has 0 aliphatic heterocycles. The number of carbonyl (C=O) groups is 2. The van der Waals surface area contributed by atoms with E-state index in [1.54, 1.807) is 30.3 Å². The first kappa shape index (κ1) is 17.9. The summed E-state index contributed by atoms with van der Waals surface area (Å²) in [7, 11) is 0. The van der Waals surface area contributed by atoms with Crippen molar-refractivity contribution in [3.8, 4) is 0 Å². The Kier molecular flexibility index (Phi) is 5.93. The maximum atomic E-state index is 13.9. The monoisotopic (exact) mass is 348 g/mol. The lowest BCUT2D eigenvalue weighted by molar-refractivity contribution is -0.117. The Labute approximate surface area is 145 Å². The number of nitrogens with one attached hydrogen (secondary N) is 1. The van der Waals surface area contributed by atoms with E-state index >= 15 is 0 Å². The quantitative estimate of drug-likeness (QED) is 0.881. The van der Waals surface area contributed by atoms with Gasteiger partial charge in [-0.25, -0.2) is 4.39 Å². The molecule has 0 saturated heterocycles. The minimum Gasteiger partial charge on any atom is -0.326 e. The van der Waals surface area contributed by atoms with Crippen molar-refractivity contribution in [1.82, 2.24) is 0 Å². The van der Waals surface area contributed by atoms with Crippen LogP contribution < -0.4 is 10.2 Å². The van der Waals surface area contributed by atoms with E-state index in [4.69, 9.17) is 11.6 Å². The predicted octanol–water partition coefficient (Wildman–Crippen LogP) is 4.17. The van der Waals surface area contributed by atoms with Crippen molar-refractivity contribution in [1.29, 1.82) is 0 Å². The number of para-hydroxylation sites is 1. The third-order valence-electron chi connectivity index (χ3n) is 3.55. The number of aryl methyl sites for hydroxylation is 1. The van der Waals surface area contributed by atoms with Crippen LogP contribution in [0.25, 0.3) is 0 Å². The zero-order chi connectivity index (χ0) is 17.7. The summed E-state index contributed by atoms with van der Waals surface area (Å²) in [5.74, 6) is -1.08. The Morgan fingerprint density at radius 1 is 1.21 bits per heavy atom. The number of hydrogen-bond acceptors (Lipinski definition) is 2. The SMILES string of the molecule is CC(=O)N(CCC(=O)Nc1ccc(Cl)cc1C)c1ccccc1F. The molecule has 0 aliphatic carbocycles. The second-order valence-corrected chi connectivity index (χ2v) is 5.82. The second kappa shape index (κ2) is 7.93. The molecule has 0 radical (unpaired) electrons. The molecule has 2 aromatic carbocycles. The summed E-state index contributed by atoms with van der Waals surface area (Å²) < 4.78 is 13.9. The smallest absolute Gasteiger partial charge is 0.226 e. The fraction of sp³-hybridized carbons (Fsp3) is 0.222. The van der Waals surface area contributed by atoms with Gasteiger partial charge in [0.05, 0.1) is 5.69 Å². The van der Waals surface area contributed by atoms with Crippen LogP contribution in [0.4, 0.5) is 15.8 Å². The Hall–Kier alpha value is -2.40. The van der Waals surface area contributed by atoms with Crippen molar-refractivity contribution in [2.24, 2.45) is 0 Å². The molecule has 0 heterocycles. The van der Waals surface area contributed by atoms with E-state index in [1.807, 2.05) is 6.92 Å². The fourth-order valence-electron chi connectivity index (χ4n) is 2.31. The van der Waals surface area contributed by atoms with Crippen LogP contribution in [-0.2, 0) is 9.59 Å². The van der Waals surface area contributed by atoms with Crippen LogP contribution in [0.3, 0.4) is 0 Å². The van der Waals surface area contributed by atoms with Gasteiger partial charge in [0.2, 0.25) is 11.8 Å². The van der Waals surface area contributed by atoms with Gasteiger partial charge in [0.15, 0.2) is 0 Å². The van der Waals surface area contributed by atoms with Crippen LogP contribution in [0.15, 0.2) is 42.5 Å². The van der Waals surface area contributed by atoms with Crippen LogP contribution in [-0.4, -0.2) is 18.4 Å². The predicted molar refractivity (Wildman–Crippen MR) is 93.9 cm³/mol. The molecule has 0 fully saturated rings. The number of carbonyl (C=O) groups excluding carboxylic acids is 2. The van der Waals surface area contributed by atoms with E-state index in [0.717, 1.165) is 5.56 Å². The van der Waals surface area contributed by atoms with Crippen molar-refractivity contribution in [2.75, 3.05) is 16.8 Å². The van der Waals surface area contributed by atoms with Gasteiger partial charge in [0.25, 0.3) is 0 Å². The zero-order valence-corrected chi connectivity index (χ0v) is 14.2. The second-order valence-electron chi connectivity index (χ2n) is 5.38. The van der Waals surface area contributed by atoms with Gasteiger partial charge in [0.1, 0.15) is 5.82 Å². The summed E-state index contributed by atoms with van der Waals surface area (Å²) in [6.45, 7) is 3.27. The number of anilines is 2. The summed E-state index contributed by atoms with van der Waals surface area (Å²) in [6.07, 6.45) is 0.0516. The summed E-state index contributed by atoms with van der Waals surface area (Å²) in [6, 6.07) is 11.1. The van der Waals surface area contributed by atoms with Crippen LogP contribution in [0, 0.1) is 12.7 Å².